The number of aryl methyl sites for hydroxylation is 1. The Hall–Kier alpha value is -3.12. The number of hydrogen-bond donors (Lipinski definition) is 1. The fourth-order valence-electron chi connectivity index (χ4n) is 3.04. The molecular weight excluding hydrogens is 360 g/mol. The number of benzene rings is 3. The minimum Gasteiger partial charge on any atom is -0.497 e. The van der Waals surface area contributed by atoms with Gasteiger partial charge >= 0.3 is 0 Å². The number of methoxy groups -OCH3 is 1. The van der Waals surface area contributed by atoms with Gasteiger partial charge in [-0.2, -0.15) is 0 Å². The summed E-state index contributed by atoms with van der Waals surface area (Å²) >= 11 is 0. The number of nitrogens with one attached hydrogen (secondary N) is 1. The van der Waals surface area contributed by atoms with Crippen LogP contribution in [0.4, 0.5) is 5.69 Å². The summed E-state index contributed by atoms with van der Waals surface area (Å²) in [7, 11) is -2.23. The van der Waals surface area contributed by atoms with Crippen LogP contribution in [0.1, 0.15) is 5.69 Å². The van der Waals surface area contributed by atoms with Crippen LogP contribution in [0.5, 0.6) is 5.75 Å². The second-order valence-corrected chi connectivity index (χ2v) is 8.00. The molecule has 0 atom stereocenters. The predicted octanol–water partition coefficient (Wildman–Crippen LogP) is 4.51. The molecule has 0 aliphatic heterocycles. The number of ether oxygens (including phenoxy) is 1. The molecular formula is C21H18N2O3S. The SMILES string of the molecule is COc1cc(NS(=O)(=O)c2ccc3ccccc3c2)c2nc(C)ccc2c1. The average molecular weight is 378 g/mol. The van der Waals surface area contributed by atoms with E-state index < -0.39 is 10.0 Å². The molecule has 0 radical (unpaired) electrons. The Balaban J connectivity index is 1.82. The van der Waals surface area contributed by atoms with Crippen LogP contribution in [-0.2, 0) is 10.0 Å². The smallest absolute Gasteiger partial charge is 0.261 e. The number of aromatic nitrogens is 1. The summed E-state index contributed by atoms with van der Waals surface area (Å²) in [6, 6.07) is 20.0. The summed E-state index contributed by atoms with van der Waals surface area (Å²) < 4.78 is 34.0. The van der Waals surface area contributed by atoms with Crippen LogP contribution >= 0.6 is 0 Å². The van der Waals surface area contributed by atoms with Gasteiger partial charge in [-0.05, 0) is 42.0 Å². The number of nitrogens with zero attached hydrogens (tertiary/aromatic N) is 1. The molecule has 5 nitrogen and oxygen atoms in total. The van der Waals surface area contributed by atoms with Crippen molar-refractivity contribution in [3.8, 4) is 5.75 Å². The third-order valence-electron chi connectivity index (χ3n) is 4.42. The molecule has 0 fully saturated rings. The van der Waals surface area contributed by atoms with E-state index in [0.717, 1.165) is 21.9 Å². The summed E-state index contributed by atoms with van der Waals surface area (Å²) in [5, 5.41) is 2.65. The molecule has 4 aromatic rings. The predicted molar refractivity (Wildman–Crippen MR) is 108 cm³/mol. The van der Waals surface area contributed by atoms with Gasteiger partial charge in [-0.15, -0.1) is 0 Å². The standard InChI is InChI=1S/C21H18N2O3S/c1-14-7-8-17-11-18(26-2)13-20(21(17)22-14)23-27(24,25)19-10-9-15-5-3-4-6-16(15)12-19/h3-13,23H,1-2H3. The van der Waals surface area contributed by atoms with Gasteiger partial charge in [0.25, 0.3) is 10.0 Å². The first kappa shape index (κ1) is 17.3. The molecule has 0 unspecified atom stereocenters. The monoisotopic (exact) mass is 378 g/mol. The van der Waals surface area contributed by atoms with Gasteiger partial charge in [-0.25, -0.2) is 8.42 Å². The van der Waals surface area contributed by atoms with Crippen LogP contribution in [0.15, 0.2) is 71.6 Å². The second-order valence-electron chi connectivity index (χ2n) is 6.31. The van der Waals surface area contributed by atoms with Crippen molar-refractivity contribution in [3.05, 3.63) is 72.4 Å². The zero-order valence-electron chi connectivity index (χ0n) is 14.9. The lowest BCUT2D eigenvalue weighted by Crippen LogP contribution is -2.13. The van der Waals surface area contributed by atoms with Crippen LogP contribution < -0.4 is 9.46 Å². The number of pyridine rings is 1. The largest absolute Gasteiger partial charge is 0.497 e. The Kier molecular flexibility index (Phi) is 4.20. The highest BCUT2D eigenvalue weighted by molar-refractivity contribution is 7.92. The summed E-state index contributed by atoms with van der Waals surface area (Å²) in [5.74, 6) is 0.560. The molecule has 6 heteroatoms. The fourth-order valence-corrected chi connectivity index (χ4v) is 4.13. The Bertz CT molecular complexity index is 1270. The minimum absolute atomic E-state index is 0.199. The van der Waals surface area contributed by atoms with E-state index in [9.17, 15) is 8.42 Å². The van der Waals surface area contributed by atoms with Gasteiger partial charge in [-0.3, -0.25) is 9.71 Å². The highest BCUT2D eigenvalue weighted by Crippen LogP contribution is 2.30. The maximum absolute atomic E-state index is 13.0. The number of sulfonamides is 1. The van der Waals surface area contributed by atoms with Gasteiger partial charge in [0.2, 0.25) is 0 Å². The quantitative estimate of drug-likeness (QED) is 0.567. The van der Waals surface area contributed by atoms with Crippen molar-refractivity contribution >= 4 is 37.4 Å². The van der Waals surface area contributed by atoms with E-state index in [0.29, 0.717) is 17.0 Å². The van der Waals surface area contributed by atoms with Crippen molar-refractivity contribution in [1.82, 2.24) is 4.98 Å². The minimum atomic E-state index is -3.78. The second kappa shape index (κ2) is 6.55. The molecule has 0 aliphatic carbocycles. The van der Waals surface area contributed by atoms with E-state index in [1.807, 2.05) is 49.4 Å². The first-order valence-corrected chi connectivity index (χ1v) is 9.92. The van der Waals surface area contributed by atoms with Gasteiger partial charge in [0.1, 0.15) is 5.75 Å². The highest BCUT2D eigenvalue weighted by Gasteiger charge is 2.17. The van der Waals surface area contributed by atoms with Gasteiger partial charge in [0.05, 0.1) is 23.2 Å². The first-order chi connectivity index (χ1) is 13.0. The third-order valence-corrected chi connectivity index (χ3v) is 5.78. The molecule has 0 amide bonds. The molecule has 0 spiro atoms. The van der Waals surface area contributed by atoms with E-state index in [1.165, 1.54) is 0 Å². The van der Waals surface area contributed by atoms with Crippen molar-refractivity contribution in [2.24, 2.45) is 0 Å². The van der Waals surface area contributed by atoms with Crippen molar-refractivity contribution in [2.75, 3.05) is 11.8 Å². The van der Waals surface area contributed by atoms with Crippen LogP contribution in [0.25, 0.3) is 21.7 Å². The normalized spacial score (nSPS) is 11.6. The molecule has 1 N–H and O–H groups in total. The molecule has 0 bridgehead atoms. The summed E-state index contributed by atoms with van der Waals surface area (Å²) in [4.78, 5) is 4.70. The number of fused-ring (bicyclic) bond motifs is 2. The molecule has 1 aromatic heterocycles. The first-order valence-electron chi connectivity index (χ1n) is 8.43. The molecule has 0 saturated carbocycles. The Morgan fingerprint density at radius 1 is 0.889 bits per heavy atom. The number of anilines is 1. The summed E-state index contributed by atoms with van der Waals surface area (Å²) in [6.45, 7) is 1.87. The van der Waals surface area contributed by atoms with E-state index in [4.69, 9.17) is 4.74 Å². The van der Waals surface area contributed by atoms with Crippen LogP contribution in [-0.4, -0.2) is 20.5 Å². The van der Waals surface area contributed by atoms with E-state index in [1.54, 1.807) is 31.4 Å². The van der Waals surface area contributed by atoms with Crippen molar-refractivity contribution in [2.45, 2.75) is 11.8 Å². The van der Waals surface area contributed by atoms with Crippen molar-refractivity contribution in [1.29, 1.82) is 0 Å². The molecule has 0 aliphatic rings. The average Bonchev–Trinajstić information content (AvgIpc) is 2.67. The number of hydrogen-bond acceptors (Lipinski definition) is 4. The molecule has 4 rings (SSSR count). The number of rotatable bonds is 4. The van der Waals surface area contributed by atoms with Crippen LogP contribution in [0.3, 0.4) is 0 Å². The zero-order chi connectivity index (χ0) is 19.0. The Morgan fingerprint density at radius 3 is 2.41 bits per heavy atom. The van der Waals surface area contributed by atoms with Crippen molar-refractivity contribution in [3.63, 3.8) is 0 Å². The van der Waals surface area contributed by atoms with E-state index >= 15 is 0 Å². The van der Waals surface area contributed by atoms with Crippen LogP contribution in [0, 0.1) is 6.92 Å². The van der Waals surface area contributed by atoms with Gasteiger partial charge < -0.3 is 4.74 Å². The van der Waals surface area contributed by atoms with Crippen LogP contribution in [0.2, 0.25) is 0 Å². The lowest BCUT2D eigenvalue weighted by Gasteiger charge is -2.13. The third kappa shape index (κ3) is 3.31. The maximum atomic E-state index is 13.0. The maximum Gasteiger partial charge on any atom is 0.261 e. The Morgan fingerprint density at radius 2 is 1.63 bits per heavy atom. The molecule has 3 aromatic carbocycles. The topological polar surface area (TPSA) is 68.3 Å². The van der Waals surface area contributed by atoms with Gasteiger partial charge in [-0.1, -0.05) is 36.4 Å². The zero-order valence-corrected chi connectivity index (χ0v) is 15.7. The van der Waals surface area contributed by atoms with E-state index in [2.05, 4.69) is 9.71 Å². The molecule has 136 valence electrons. The van der Waals surface area contributed by atoms with E-state index in [-0.39, 0.29) is 4.90 Å². The highest BCUT2D eigenvalue weighted by atomic mass is 32.2. The van der Waals surface area contributed by atoms with Gasteiger partial charge in [0.15, 0.2) is 0 Å². The molecule has 27 heavy (non-hydrogen) atoms. The summed E-state index contributed by atoms with van der Waals surface area (Å²) in [5.41, 5.74) is 1.78. The fraction of sp³-hybridized carbons (Fsp3) is 0.0952. The lowest BCUT2D eigenvalue weighted by atomic mass is 10.1. The Labute approximate surface area is 157 Å². The van der Waals surface area contributed by atoms with Crippen molar-refractivity contribution < 1.29 is 13.2 Å². The van der Waals surface area contributed by atoms with Gasteiger partial charge in [0, 0.05) is 17.1 Å². The molecule has 1 heterocycles. The summed E-state index contributed by atoms with van der Waals surface area (Å²) in [6.07, 6.45) is 0. The lowest BCUT2D eigenvalue weighted by molar-refractivity contribution is 0.415. The molecule has 0 saturated heterocycles.